The van der Waals surface area contributed by atoms with Crippen molar-refractivity contribution in [2.45, 2.75) is 92.7 Å². The number of carbonyl (C=O) groups is 2. The van der Waals surface area contributed by atoms with Gasteiger partial charge < -0.3 is 15.4 Å². The van der Waals surface area contributed by atoms with Crippen molar-refractivity contribution in [3.63, 3.8) is 0 Å². The highest BCUT2D eigenvalue weighted by molar-refractivity contribution is 5.76. The minimum atomic E-state index is -0.341. The maximum Gasteiger partial charge on any atom is 0.220 e. The zero-order valence-electron chi connectivity index (χ0n) is 17.6. The molecule has 0 aromatic heterocycles. The highest BCUT2D eigenvalue weighted by atomic mass is 16.5. The van der Waals surface area contributed by atoms with Gasteiger partial charge in [0.05, 0.1) is 12.2 Å². The molecule has 25 heavy (non-hydrogen) atoms. The summed E-state index contributed by atoms with van der Waals surface area (Å²) in [6.07, 6.45) is 2.72. The van der Waals surface area contributed by atoms with Crippen LogP contribution in [0, 0.1) is 11.3 Å². The molecule has 5 heteroatoms. The zero-order valence-corrected chi connectivity index (χ0v) is 17.6. The number of carbonyl (C=O) groups excluding carboxylic acids is 2. The van der Waals surface area contributed by atoms with Gasteiger partial charge in [0.15, 0.2) is 0 Å². The predicted octanol–water partition coefficient (Wildman–Crippen LogP) is 3.67. The second-order valence-corrected chi connectivity index (χ2v) is 9.31. The maximum absolute atomic E-state index is 11.8. The summed E-state index contributed by atoms with van der Waals surface area (Å²) in [6, 6.07) is -0.0191. The highest BCUT2D eigenvalue weighted by Gasteiger charge is 2.21. The monoisotopic (exact) mass is 356 g/mol. The average molecular weight is 357 g/mol. The number of hydrogen-bond donors (Lipinski definition) is 2. The van der Waals surface area contributed by atoms with Gasteiger partial charge in [-0.2, -0.15) is 0 Å². The largest absolute Gasteiger partial charge is 0.373 e. The number of ether oxygens (including phenoxy) is 1. The summed E-state index contributed by atoms with van der Waals surface area (Å²) in [5.41, 5.74) is -0.342. The third kappa shape index (κ3) is 14.9. The minimum absolute atomic E-state index is 0.000685. The lowest BCUT2D eigenvalue weighted by atomic mass is 9.92. The van der Waals surface area contributed by atoms with Gasteiger partial charge in [-0.3, -0.25) is 9.59 Å². The molecule has 0 aliphatic rings. The SMILES string of the molecule is CC(C)CCC(=O)NC(C)COC(C)(C)CCNC(=O)CC(C)(C)C. The Morgan fingerprint density at radius 3 is 2.12 bits per heavy atom. The second-order valence-electron chi connectivity index (χ2n) is 9.31. The first-order valence-electron chi connectivity index (χ1n) is 9.51. The third-order valence-corrected chi connectivity index (χ3v) is 3.82. The molecule has 0 fully saturated rings. The summed E-state index contributed by atoms with van der Waals surface area (Å²) in [5.74, 6) is 0.691. The molecule has 0 radical (unpaired) electrons. The predicted molar refractivity (Wildman–Crippen MR) is 103 cm³/mol. The molecule has 0 rings (SSSR count). The van der Waals surface area contributed by atoms with E-state index in [1.54, 1.807) is 0 Å². The topological polar surface area (TPSA) is 67.4 Å². The molecule has 0 spiro atoms. The van der Waals surface area contributed by atoms with Crippen LogP contribution in [0.5, 0.6) is 0 Å². The summed E-state index contributed by atoms with van der Waals surface area (Å²) < 4.78 is 5.93. The molecular formula is C20H40N2O3. The van der Waals surface area contributed by atoms with E-state index in [0.717, 1.165) is 12.8 Å². The first-order chi connectivity index (χ1) is 11.3. The summed E-state index contributed by atoms with van der Waals surface area (Å²) in [7, 11) is 0. The van der Waals surface area contributed by atoms with Gasteiger partial charge in [0.25, 0.3) is 0 Å². The smallest absolute Gasteiger partial charge is 0.220 e. The van der Waals surface area contributed by atoms with Crippen LogP contribution in [0.15, 0.2) is 0 Å². The Hall–Kier alpha value is -1.10. The van der Waals surface area contributed by atoms with E-state index in [4.69, 9.17) is 4.74 Å². The van der Waals surface area contributed by atoms with Crippen molar-refractivity contribution in [1.29, 1.82) is 0 Å². The fourth-order valence-electron chi connectivity index (χ4n) is 2.28. The Kier molecular flexibility index (Phi) is 10.3. The molecule has 0 heterocycles. The van der Waals surface area contributed by atoms with Crippen LogP contribution in [0.25, 0.3) is 0 Å². The lowest BCUT2D eigenvalue weighted by Crippen LogP contribution is -2.40. The summed E-state index contributed by atoms with van der Waals surface area (Å²) >= 11 is 0. The molecule has 2 amide bonds. The minimum Gasteiger partial charge on any atom is -0.373 e. The zero-order chi connectivity index (χ0) is 19.7. The quantitative estimate of drug-likeness (QED) is 0.593. The van der Waals surface area contributed by atoms with Crippen LogP contribution >= 0.6 is 0 Å². The van der Waals surface area contributed by atoms with E-state index in [2.05, 4.69) is 45.3 Å². The second kappa shape index (κ2) is 10.8. The van der Waals surface area contributed by atoms with Gasteiger partial charge in [-0.15, -0.1) is 0 Å². The molecule has 148 valence electrons. The van der Waals surface area contributed by atoms with Crippen molar-refractivity contribution in [2.24, 2.45) is 11.3 Å². The average Bonchev–Trinajstić information content (AvgIpc) is 2.41. The molecule has 0 saturated carbocycles. The Morgan fingerprint density at radius 2 is 1.60 bits per heavy atom. The first kappa shape index (κ1) is 23.9. The van der Waals surface area contributed by atoms with Crippen LogP contribution in [0.1, 0.15) is 81.1 Å². The first-order valence-corrected chi connectivity index (χ1v) is 9.51. The van der Waals surface area contributed by atoms with Gasteiger partial charge in [-0.05, 0) is 44.9 Å². The maximum atomic E-state index is 11.8. The van der Waals surface area contributed by atoms with Crippen molar-refractivity contribution >= 4 is 11.8 Å². The van der Waals surface area contributed by atoms with Gasteiger partial charge >= 0.3 is 0 Å². The molecule has 1 atom stereocenters. The molecule has 0 aliphatic carbocycles. The van der Waals surface area contributed by atoms with Crippen molar-refractivity contribution in [2.75, 3.05) is 13.2 Å². The van der Waals surface area contributed by atoms with Gasteiger partial charge in [-0.25, -0.2) is 0 Å². The third-order valence-electron chi connectivity index (χ3n) is 3.82. The summed E-state index contributed by atoms with van der Waals surface area (Å²) in [5, 5.41) is 5.93. The Balaban J connectivity index is 4.02. The number of nitrogens with one attached hydrogen (secondary N) is 2. The van der Waals surface area contributed by atoms with E-state index in [1.165, 1.54) is 0 Å². The molecular weight excluding hydrogens is 316 g/mol. The molecule has 0 aliphatic heterocycles. The van der Waals surface area contributed by atoms with Crippen molar-refractivity contribution in [1.82, 2.24) is 10.6 Å². The molecule has 2 N–H and O–H groups in total. The Morgan fingerprint density at radius 1 is 1.00 bits per heavy atom. The van der Waals surface area contributed by atoms with E-state index in [-0.39, 0.29) is 28.9 Å². The van der Waals surface area contributed by atoms with E-state index in [0.29, 0.717) is 31.9 Å². The van der Waals surface area contributed by atoms with Gasteiger partial charge in [0.1, 0.15) is 0 Å². The van der Waals surface area contributed by atoms with E-state index in [9.17, 15) is 9.59 Å². The van der Waals surface area contributed by atoms with Gasteiger partial charge in [0, 0.05) is 25.4 Å². The van der Waals surface area contributed by atoms with Crippen LogP contribution in [-0.4, -0.2) is 36.6 Å². The lowest BCUT2D eigenvalue weighted by Gasteiger charge is -2.28. The lowest BCUT2D eigenvalue weighted by molar-refractivity contribution is -0.124. The summed E-state index contributed by atoms with van der Waals surface area (Å²) in [4.78, 5) is 23.7. The number of rotatable bonds is 11. The van der Waals surface area contributed by atoms with Crippen molar-refractivity contribution < 1.29 is 14.3 Å². The van der Waals surface area contributed by atoms with E-state index >= 15 is 0 Å². The van der Waals surface area contributed by atoms with Crippen LogP contribution < -0.4 is 10.6 Å². The standard InChI is InChI=1S/C20H40N2O3/c1-15(2)9-10-17(23)22-16(3)14-25-20(7,8)11-12-21-18(24)13-19(4,5)6/h15-16H,9-14H2,1-8H3,(H,21,24)(H,22,23). The highest BCUT2D eigenvalue weighted by Crippen LogP contribution is 2.18. The summed E-state index contributed by atoms with van der Waals surface area (Å²) in [6.45, 7) is 17.4. The molecule has 1 unspecified atom stereocenters. The van der Waals surface area contributed by atoms with Crippen molar-refractivity contribution in [3.8, 4) is 0 Å². The normalized spacial score (nSPS) is 13.6. The fourth-order valence-corrected chi connectivity index (χ4v) is 2.28. The van der Waals surface area contributed by atoms with Crippen LogP contribution in [0.2, 0.25) is 0 Å². The molecule has 0 aromatic carbocycles. The molecule has 5 nitrogen and oxygen atoms in total. The van der Waals surface area contributed by atoms with E-state index in [1.807, 2.05) is 20.8 Å². The fraction of sp³-hybridized carbons (Fsp3) is 0.900. The molecule has 0 aromatic rings. The van der Waals surface area contributed by atoms with Gasteiger partial charge in [0.2, 0.25) is 11.8 Å². The van der Waals surface area contributed by atoms with Gasteiger partial charge in [-0.1, -0.05) is 34.6 Å². The van der Waals surface area contributed by atoms with Crippen LogP contribution in [0.4, 0.5) is 0 Å². The Labute approximate surface area is 154 Å². The van der Waals surface area contributed by atoms with Crippen LogP contribution in [0.3, 0.4) is 0 Å². The van der Waals surface area contributed by atoms with Crippen molar-refractivity contribution in [3.05, 3.63) is 0 Å². The van der Waals surface area contributed by atoms with E-state index < -0.39 is 0 Å². The number of hydrogen-bond acceptors (Lipinski definition) is 3. The molecule has 0 saturated heterocycles. The Bertz CT molecular complexity index is 412. The molecule has 0 bridgehead atoms. The number of amides is 2. The van der Waals surface area contributed by atoms with Crippen LogP contribution in [-0.2, 0) is 14.3 Å².